The SMILES string of the molecule is CC(C)CCCCCCCCCCCCCCC(=O)OCCCCOC(=O)CCCCCCCCCCCCCCC(C)C. The van der Waals surface area contributed by atoms with Crippen molar-refractivity contribution >= 4 is 11.9 Å². The number of hydrogen-bond donors (Lipinski definition) is 0. The van der Waals surface area contributed by atoms with Crippen LogP contribution in [0.5, 0.6) is 0 Å². The Labute approximate surface area is 276 Å². The van der Waals surface area contributed by atoms with Crippen LogP contribution in [-0.4, -0.2) is 25.2 Å². The average Bonchev–Trinajstić information content (AvgIpc) is 2.98. The van der Waals surface area contributed by atoms with E-state index in [0.717, 1.165) is 50.4 Å². The van der Waals surface area contributed by atoms with E-state index in [9.17, 15) is 9.59 Å². The highest BCUT2D eigenvalue weighted by Gasteiger charge is 2.05. The van der Waals surface area contributed by atoms with Crippen LogP contribution >= 0.6 is 0 Å². The quantitative estimate of drug-likeness (QED) is 0.0521. The Balaban J connectivity index is 3.26. The van der Waals surface area contributed by atoms with Gasteiger partial charge in [-0.15, -0.1) is 0 Å². The van der Waals surface area contributed by atoms with E-state index in [1.807, 2.05) is 0 Å². The molecule has 0 bridgehead atoms. The molecule has 0 aromatic heterocycles. The molecule has 0 N–H and O–H groups in total. The van der Waals surface area contributed by atoms with Crippen molar-refractivity contribution in [2.45, 2.75) is 220 Å². The molecule has 262 valence electrons. The van der Waals surface area contributed by atoms with Gasteiger partial charge >= 0.3 is 11.9 Å². The number of rotatable bonds is 35. The maximum atomic E-state index is 11.9. The summed E-state index contributed by atoms with van der Waals surface area (Å²) in [6.07, 6.45) is 36.8. The van der Waals surface area contributed by atoms with E-state index in [1.54, 1.807) is 0 Å². The highest BCUT2D eigenvalue weighted by molar-refractivity contribution is 5.69. The molecule has 0 aromatic carbocycles. The van der Waals surface area contributed by atoms with Gasteiger partial charge in [0, 0.05) is 12.8 Å². The second kappa shape index (κ2) is 34.8. The summed E-state index contributed by atoms with van der Waals surface area (Å²) in [5.41, 5.74) is 0. The smallest absolute Gasteiger partial charge is 0.305 e. The minimum atomic E-state index is -0.0806. The predicted molar refractivity (Wildman–Crippen MR) is 190 cm³/mol. The number of carbonyl (C=O) groups is 2. The maximum Gasteiger partial charge on any atom is 0.305 e. The predicted octanol–water partition coefficient (Wildman–Crippen LogP) is 13.1. The zero-order valence-corrected chi connectivity index (χ0v) is 30.4. The fraction of sp³-hybridized carbons (Fsp3) is 0.950. The Hall–Kier alpha value is -1.06. The number of hydrogen-bond acceptors (Lipinski definition) is 4. The number of unbranched alkanes of at least 4 members (excludes halogenated alkanes) is 23. The molecule has 0 atom stereocenters. The molecule has 0 unspecified atom stereocenters. The molecule has 0 aliphatic heterocycles. The second-order valence-corrected chi connectivity index (χ2v) is 14.5. The van der Waals surface area contributed by atoms with Crippen LogP contribution in [0.25, 0.3) is 0 Å². The van der Waals surface area contributed by atoms with Gasteiger partial charge in [-0.2, -0.15) is 0 Å². The van der Waals surface area contributed by atoms with Gasteiger partial charge in [-0.25, -0.2) is 0 Å². The van der Waals surface area contributed by atoms with Gasteiger partial charge in [0.2, 0.25) is 0 Å². The standard InChI is InChI=1S/C40H78O4/c1-37(2)31-25-21-17-13-9-5-7-11-15-19-23-27-33-39(41)43-35-29-30-36-44-40(42)34-28-24-20-16-12-8-6-10-14-18-22-26-32-38(3)4/h37-38H,5-36H2,1-4H3. The number of ether oxygens (including phenoxy) is 2. The first-order chi connectivity index (χ1) is 21.4. The van der Waals surface area contributed by atoms with Crippen LogP contribution in [0.15, 0.2) is 0 Å². The van der Waals surface area contributed by atoms with Crippen molar-refractivity contribution in [1.82, 2.24) is 0 Å². The molecule has 0 fully saturated rings. The Kier molecular flexibility index (Phi) is 34.0. The topological polar surface area (TPSA) is 52.6 Å². The Bertz CT molecular complexity index is 548. The van der Waals surface area contributed by atoms with E-state index in [4.69, 9.17) is 9.47 Å². The lowest BCUT2D eigenvalue weighted by Gasteiger charge is -2.07. The summed E-state index contributed by atoms with van der Waals surface area (Å²) in [5.74, 6) is 1.55. The Morgan fingerprint density at radius 3 is 0.818 bits per heavy atom. The molecule has 0 amide bonds. The number of esters is 2. The van der Waals surface area contributed by atoms with E-state index in [-0.39, 0.29) is 11.9 Å². The lowest BCUT2D eigenvalue weighted by atomic mass is 10.0. The van der Waals surface area contributed by atoms with Gasteiger partial charge in [-0.3, -0.25) is 9.59 Å². The summed E-state index contributed by atoms with van der Waals surface area (Å²) in [4.78, 5) is 23.9. The summed E-state index contributed by atoms with van der Waals surface area (Å²) >= 11 is 0. The summed E-state index contributed by atoms with van der Waals surface area (Å²) < 4.78 is 10.7. The summed E-state index contributed by atoms with van der Waals surface area (Å²) in [7, 11) is 0. The Morgan fingerprint density at radius 1 is 0.341 bits per heavy atom. The van der Waals surface area contributed by atoms with Gasteiger partial charge in [0.15, 0.2) is 0 Å². The van der Waals surface area contributed by atoms with Crippen molar-refractivity contribution in [3.05, 3.63) is 0 Å². The molecular formula is C40H78O4. The second-order valence-electron chi connectivity index (χ2n) is 14.5. The molecule has 0 aromatic rings. The summed E-state index contributed by atoms with van der Waals surface area (Å²) in [6, 6.07) is 0. The lowest BCUT2D eigenvalue weighted by molar-refractivity contribution is -0.146. The third-order valence-corrected chi connectivity index (χ3v) is 8.89. The lowest BCUT2D eigenvalue weighted by Crippen LogP contribution is -2.08. The minimum Gasteiger partial charge on any atom is -0.466 e. The zero-order chi connectivity index (χ0) is 32.4. The van der Waals surface area contributed by atoms with Gasteiger partial charge in [0.25, 0.3) is 0 Å². The van der Waals surface area contributed by atoms with Crippen molar-refractivity contribution in [2.24, 2.45) is 11.8 Å². The maximum absolute atomic E-state index is 11.9. The normalized spacial score (nSPS) is 11.5. The molecule has 0 rings (SSSR count). The zero-order valence-electron chi connectivity index (χ0n) is 30.4. The fourth-order valence-corrected chi connectivity index (χ4v) is 5.90. The molecule has 0 aliphatic carbocycles. The fourth-order valence-electron chi connectivity index (χ4n) is 5.90. The van der Waals surface area contributed by atoms with Crippen LogP contribution in [-0.2, 0) is 19.1 Å². The molecule has 0 aliphatic rings. The molecule has 44 heavy (non-hydrogen) atoms. The molecular weight excluding hydrogens is 544 g/mol. The van der Waals surface area contributed by atoms with Crippen molar-refractivity contribution in [2.75, 3.05) is 13.2 Å². The van der Waals surface area contributed by atoms with Crippen molar-refractivity contribution < 1.29 is 19.1 Å². The van der Waals surface area contributed by atoms with Crippen LogP contribution in [0.3, 0.4) is 0 Å². The summed E-state index contributed by atoms with van der Waals surface area (Å²) in [5, 5.41) is 0. The van der Waals surface area contributed by atoms with E-state index >= 15 is 0 Å². The molecule has 0 radical (unpaired) electrons. The van der Waals surface area contributed by atoms with Crippen LogP contribution in [0, 0.1) is 11.8 Å². The third-order valence-electron chi connectivity index (χ3n) is 8.89. The van der Waals surface area contributed by atoms with Crippen molar-refractivity contribution in [3.63, 3.8) is 0 Å². The van der Waals surface area contributed by atoms with Crippen molar-refractivity contribution in [3.8, 4) is 0 Å². The first-order valence-corrected chi connectivity index (χ1v) is 19.7. The average molecular weight is 623 g/mol. The summed E-state index contributed by atoms with van der Waals surface area (Å²) in [6.45, 7) is 10.1. The highest BCUT2D eigenvalue weighted by Crippen LogP contribution is 2.16. The molecule has 4 nitrogen and oxygen atoms in total. The third kappa shape index (κ3) is 37.1. The molecule has 0 heterocycles. The van der Waals surface area contributed by atoms with Crippen molar-refractivity contribution in [1.29, 1.82) is 0 Å². The van der Waals surface area contributed by atoms with Crippen LogP contribution in [0.2, 0.25) is 0 Å². The van der Waals surface area contributed by atoms with E-state index in [0.29, 0.717) is 26.1 Å². The van der Waals surface area contributed by atoms with Gasteiger partial charge in [0.05, 0.1) is 13.2 Å². The first kappa shape index (κ1) is 42.9. The van der Waals surface area contributed by atoms with Gasteiger partial charge in [-0.05, 0) is 37.5 Å². The minimum absolute atomic E-state index is 0.0806. The van der Waals surface area contributed by atoms with Gasteiger partial charge in [-0.1, -0.05) is 182 Å². The van der Waals surface area contributed by atoms with Gasteiger partial charge < -0.3 is 9.47 Å². The largest absolute Gasteiger partial charge is 0.466 e. The van der Waals surface area contributed by atoms with Crippen LogP contribution in [0.4, 0.5) is 0 Å². The van der Waals surface area contributed by atoms with E-state index in [2.05, 4.69) is 27.7 Å². The highest BCUT2D eigenvalue weighted by atomic mass is 16.5. The number of carbonyl (C=O) groups excluding carboxylic acids is 2. The van der Waals surface area contributed by atoms with Crippen LogP contribution < -0.4 is 0 Å². The monoisotopic (exact) mass is 623 g/mol. The van der Waals surface area contributed by atoms with E-state index < -0.39 is 0 Å². The molecule has 0 spiro atoms. The van der Waals surface area contributed by atoms with E-state index in [1.165, 1.54) is 141 Å². The van der Waals surface area contributed by atoms with Gasteiger partial charge in [0.1, 0.15) is 0 Å². The van der Waals surface area contributed by atoms with Crippen LogP contribution in [0.1, 0.15) is 220 Å². The molecule has 0 saturated heterocycles. The first-order valence-electron chi connectivity index (χ1n) is 19.7. The Morgan fingerprint density at radius 2 is 0.568 bits per heavy atom. The molecule has 0 saturated carbocycles. The molecule has 4 heteroatoms.